The maximum absolute atomic E-state index is 10.7. The van der Waals surface area contributed by atoms with Crippen LogP contribution in [0.25, 0.3) is 0 Å². The summed E-state index contributed by atoms with van der Waals surface area (Å²) in [5.74, 6) is 0. The first-order valence-corrected chi connectivity index (χ1v) is 2.30. The molecular weight excluding hydrogens is 109 g/mol. The van der Waals surface area contributed by atoms with Gasteiger partial charge in [-0.2, -0.15) is 13.7 Å². The Morgan fingerprint density at radius 3 is 1.83 bits per heavy atom. The van der Waals surface area contributed by atoms with Crippen molar-refractivity contribution in [3.05, 3.63) is 0 Å². The molecule has 0 aliphatic rings. The lowest BCUT2D eigenvalue weighted by molar-refractivity contribution is 0.564. The average Bonchev–Trinajstić information content (AvgIpc) is 1.35. The van der Waals surface area contributed by atoms with Crippen molar-refractivity contribution < 1.29 is 12.3 Å². The van der Waals surface area contributed by atoms with Gasteiger partial charge in [-0.1, -0.05) is 3.89 Å². The van der Waals surface area contributed by atoms with Crippen LogP contribution in [0.1, 0.15) is 0 Å². The zero-order chi connectivity index (χ0) is 5.21. The SMILES string of the molecule is N#CS(=O)(=O)F. The second-order valence-corrected chi connectivity index (χ2v) is 1.59. The maximum Gasteiger partial charge on any atom is 0.398 e. The van der Waals surface area contributed by atoms with Gasteiger partial charge in [0.25, 0.3) is 0 Å². The number of hydrogen-bond acceptors (Lipinski definition) is 3. The second-order valence-electron chi connectivity index (χ2n) is 0.529. The van der Waals surface area contributed by atoms with Crippen molar-refractivity contribution >= 4 is 10.2 Å². The van der Waals surface area contributed by atoms with Crippen LogP contribution in [0, 0.1) is 10.7 Å². The molecule has 0 aliphatic heterocycles. The summed E-state index contributed by atoms with van der Waals surface area (Å²) in [4.78, 5) is 0. The number of rotatable bonds is 0. The highest BCUT2D eigenvalue weighted by atomic mass is 32.3. The molecule has 0 heterocycles. The third-order valence-corrected chi connectivity index (χ3v) is 0.327. The molecule has 0 aromatic carbocycles. The Labute approximate surface area is 34.2 Å². The van der Waals surface area contributed by atoms with Crippen molar-refractivity contribution in [1.29, 1.82) is 5.26 Å². The van der Waals surface area contributed by atoms with Crippen molar-refractivity contribution in [2.75, 3.05) is 0 Å². The summed E-state index contributed by atoms with van der Waals surface area (Å²) in [6.45, 7) is 0. The van der Waals surface area contributed by atoms with Crippen LogP contribution in [0.4, 0.5) is 3.89 Å². The van der Waals surface area contributed by atoms with E-state index >= 15 is 0 Å². The molecule has 0 fully saturated rings. The minimum atomic E-state index is -4.86. The lowest BCUT2D eigenvalue weighted by Crippen LogP contribution is -1.78. The highest BCUT2D eigenvalue weighted by molar-refractivity contribution is 7.91. The van der Waals surface area contributed by atoms with E-state index in [0.29, 0.717) is 5.40 Å². The lowest BCUT2D eigenvalue weighted by atomic mass is 11.8. The summed E-state index contributed by atoms with van der Waals surface area (Å²) in [7, 11) is -4.86. The Kier molecular flexibility index (Phi) is 1.09. The largest absolute Gasteiger partial charge is 0.398 e. The predicted molar refractivity (Wildman–Crippen MR) is 15.6 cm³/mol. The third-order valence-electron chi connectivity index (χ3n) is 0.109. The van der Waals surface area contributed by atoms with Gasteiger partial charge in [0.2, 0.25) is 5.40 Å². The fourth-order valence-electron chi connectivity index (χ4n) is 0. The van der Waals surface area contributed by atoms with E-state index < -0.39 is 10.2 Å². The topological polar surface area (TPSA) is 57.9 Å². The van der Waals surface area contributed by atoms with Crippen LogP contribution in [-0.4, -0.2) is 8.42 Å². The van der Waals surface area contributed by atoms with Crippen molar-refractivity contribution in [3.8, 4) is 5.40 Å². The average molecular weight is 109 g/mol. The van der Waals surface area contributed by atoms with Gasteiger partial charge in [0.1, 0.15) is 0 Å². The molecule has 0 aromatic rings. The zero-order valence-electron chi connectivity index (χ0n) is 2.55. The molecule has 0 spiro atoms. The monoisotopic (exact) mass is 109 g/mol. The Morgan fingerprint density at radius 2 is 1.83 bits per heavy atom. The normalized spacial score (nSPS) is 10.0. The first-order chi connectivity index (χ1) is 2.56. The maximum atomic E-state index is 10.7. The quantitative estimate of drug-likeness (QED) is 0.245. The van der Waals surface area contributed by atoms with Crippen LogP contribution in [0.15, 0.2) is 0 Å². The second kappa shape index (κ2) is 1.22. The van der Waals surface area contributed by atoms with E-state index in [4.69, 9.17) is 13.7 Å². The lowest BCUT2D eigenvalue weighted by Gasteiger charge is -1.60. The van der Waals surface area contributed by atoms with Gasteiger partial charge in [-0.15, -0.1) is 0 Å². The van der Waals surface area contributed by atoms with E-state index in [1.165, 1.54) is 0 Å². The van der Waals surface area contributed by atoms with Gasteiger partial charge in [0.05, 0.1) is 0 Å². The summed E-state index contributed by atoms with van der Waals surface area (Å²) >= 11 is 0. The molecule has 0 rings (SSSR count). The summed E-state index contributed by atoms with van der Waals surface area (Å²) in [6.07, 6.45) is 0. The molecule has 5 heteroatoms. The minimum absolute atomic E-state index is 0.410. The highest BCUT2D eigenvalue weighted by Crippen LogP contribution is 1.81. The molecule has 0 bridgehead atoms. The van der Waals surface area contributed by atoms with E-state index in [1.807, 2.05) is 0 Å². The van der Waals surface area contributed by atoms with E-state index in [0.717, 1.165) is 0 Å². The number of thiocyanates is 1. The van der Waals surface area contributed by atoms with Crippen LogP contribution in [-0.2, 0) is 10.2 Å². The fraction of sp³-hybridized carbons (Fsp3) is 0. The van der Waals surface area contributed by atoms with E-state index in [-0.39, 0.29) is 0 Å². The Bertz CT molecular complexity index is 162. The van der Waals surface area contributed by atoms with Crippen molar-refractivity contribution in [1.82, 2.24) is 0 Å². The van der Waals surface area contributed by atoms with Crippen molar-refractivity contribution in [2.45, 2.75) is 0 Å². The van der Waals surface area contributed by atoms with Crippen LogP contribution in [0.3, 0.4) is 0 Å². The van der Waals surface area contributed by atoms with Gasteiger partial charge >= 0.3 is 10.2 Å². The molecule has 0 unspecified atom stereocenters. The molecule has 6 heavy (non-hydrogen) atoms. The van der Waals surface area contributed by atoms with Crippen LogP contribution in [0.2, 0.25) is 0 Å². The van der Waals surface area contributed by atoms with Gasteiger partial charge in [0, 0.05) is 0 Å². The zero-order valence-corrected chi connectivity index (χ0v) is 3.37. The first kappa shape index (κ1) is 5.37. The predicted octanol–water partition coefficient (Wildman–Crippen LogP) is -0.233. The molecule has 0 radical (unpaired) electrons. The Hall–Kier alpha value is -0.630. The summed E-state index contributed by atoms with van der Waals surface area (Å²) in [5.41, 5.74) is 0. The third kappa shape index (κ3) is 3.37. The van der Waals surface area contributed by atoms with E-state index in [1.54, 1.807) is 0 Å². The summed E-state index contributed by atoms with van der Waals surface area (Å²) in [5, 5.41) is 7.60. The number of nitriles is 1. The van der Waals surface area contributed by atoms with Gasteiger partial charge < -0.3 is 0 Å². The summed E-state index contributed by atoms with van der Waals surface area (Å²) in [6, 6.07) is 0. The molecule has 0 saturated carbocycles. The highest BCUT2D eigenvalue weighted by Gasteiger charge is 1.98. The molecule has 0 saturated heterocycles. The molecule has 0 N–H and O–H groups in total. The Balaban J connectivity index is 4.41. The molecular formula is CFNO2S. The van der Waals surface area contributed by atoms with Crippen LogP contribution >= 0.6 is 0 Å². The van der Waals surface area contributed by atoms with Crippen LogP contribution in [0.5, 0.6) is 0 Å². The van der Waals surface area contributed by atoms with Gasteiger partial charge in [-0.05, 0) is 0 Å². The van der Waals surface area contributed by atoms with Crippen molar-refractivity contribution in [2.24, 2.45) is 0 Å². The van der Waals surface area contributed by atoms with Gasteiger partial charge in [-0.3, -0.25) is 0 Å². The standard InChI is InChI=1S/CFNO2S/c2-6(4,5)1-3. The number of nitrogens with zero attached hydrogens (tertiary/aromatic N) is 1. The Morgan fingerprint density at radius 1 is 1.67 bits per heavy atom. The van der Waals surface area contributed by atoms with Gasteiger partial charge in [-0.25, -0.2) is 0 Å². The van der Waals surface area contributed by atoms with Crippen LogP contribution < -0.4 is 0 Å². The molecule has 34 valence electrons. The summed E-state index contributed by atoms with van der Waals surface area (Å²) < 4.78 is 28.7. The van der Waals surface area contributed by atoms with Gasteiger partial charge in [0.15, 0.2) is 0 Å². The number of hydrogen-bond donors (Lipinski definition) is 0. The van der Waals surface area contributed by atoms with Crippen molar-refractivity contribution in [3.63, 3.8) is 0 Å². The van der Waals surface area contributed by atoms with E-state index in [2.05, 4.69) is 0 Å². The molecule has 0 atom stereocenters. The molecule has 3 nitrogen and oxygen atoms in total. The molecule has 0 amide bonds. The van der Waals surface area contributed by atoms with E-state index in [9.17, 15) is 3.89 Å². The molecule has 0 aliphatic carbocycles. The smallest absolute Gasteiger partial charge is 0.178 e. The number of halogens is 1. The first-order valence-electron chi connectivity index (χ1n) is 0.915. The minimum Gasteiger partial charge on any atom is -0.178 e. The fourth-order valence-corrected chi connectivity index (χ4v) is 0. The molecule has 0 aromatic heterocycles.